The monoisotopic (exact) mass is 538 g/mol. The normalized spacial score (nSPS) is 10.7. The Labute approximate surface area is 192 Å². The molecule has 0 saturated carbocycles. The summed E-state index contributed by atoms with van der Waals surface area (Å²) in [6, 6.07) is 7.42. The van der Waals surface area contributed by atoms with Crippen molar-refractivity contribution in [1.82, 2.24) is 30.6 Å². The predicted molar refractivity (Wildman–Crippen MR) is 120 cm³/mol. The number of hydrogen-bond donors (Lipinski definition) is 2. The molecule has 10 nitrogen and oxygen atoms in total. The van der Waals surface area contributed by atoms with Crippen LogP contribution in [0, 0.1) is 24.3 Å². The van der Waals surface area contributed by atoms with E-state index in [0.29, 0.717) is 18.1 Å². The molecule has 3 rings (SSSR count). The molecule has 0 aliphatic heterocycles. The molecule has 1 aromatic carbocycles. The molecule has 3 aromatic rings. The van der Waals surface area contributed by atoms with E-state index in [1.54, 1.807) is 16.8 Å². The molecule has 164 valence electrons. The van der Waals surface area contributed by atoms with E-state index >= 15 is 0 Å². The first kappa shape index (κ1) is 22.7. The Morgan fingerprint density at radius 3 is 2.52 bits per heavy atom. The van der Waals surface area contributed by atoms with Crippen LogP contribution < -0.4 is 15.4 Å². The molecule has 2 aromatic heterocycles. The second kappa shape index (κ2) is 10.4. The smallest absolute Gasteiger partial charge is 0.316 e. The van der Waals surface area contributed by atoms with E-state index in [9.17, 15) is 9.59 Å². The van der Waals surface area contributed by atoms with Crippen molar-refractivity contribution in [1.29, 1.82) is 0 Å². The Hall–Kier alpha value is -2.96. The largest absolute Gasteiger partial charge is 0.484 e. The number of halogens is 1. The van der Waals surface area contributed by atoms with Crippen LogP contribution in [-0.2, 0) is 11.3 Å². The van der Waals surface area contributed by atoms with Gasteiger partial charge >= 0.3 is 11.8 Å². The summed E-state index contributed by atoms with van der Waals surface area (Å²) >= 11 is 2.23. The zero-order chi connectivity index (χ0) is 22.4. The van der Waals surface area contributed by atoms with Gasteiger partial charge in [-0.05, 0) is 55.5 Å². The van der Waals surface area contributed by atoms with Gasteiger partial charge in [-0.25, -0.2) is 0 Å². The van der Waals surface area contributed by atoms with Crippen molar-refractivity contribution in [2.24, 2.45) is 0 Å². The zero-order valence-electron chi connectivity index (χ0n) is 17.4. The van der Waals surface area contributed by atoms with Gasteiger partial charge in [0.05, 0.1) is 9.26 Å². The van der Waals surface area contributed by atoms with Crippen LogP contribution in [-0.4, -0.2) is 51.4 Å². The van der Waals surface area contributed by atoms with Crippen LogP contribution in [0.4, 0.5) is 0 Å². The van der Waals surface area contributed by atoms with Crippen molar-refractivity contribution in [3.8, 4) is 5.75 Å². The number of benzene rings is 1. The van der Waals surface area contributed by atoms with Crippen LogP contribution in [0.2, 0.25) is 0 Å². The number of hydrogen-bond acceptors (Lipinski definition) is 7. The Kier molecular flexibility index (Phi) is 7.60. The molecule has 0 aliphatic rings. The summed E-state index contributed by atoms with van der Waals surface area (Å²) in [6.45, 7) is 6.51. The van der Waals surface area contributed by atoms with Crippen LogP contribution in [0.5, 0.6) is 5.75 Å². The number of rotatable bonds is 9. The van der Waals surface area contributed by atoms with E-state index in [2.05, 4.69) is 48.5 Å². The fourth-order valence-electron chi connectivity index (χ4n) is 2.66. The first-order chi connectivity index (χ1) is 14.8. The highest BCUT2D eigenvalue weighted by molar-refractivity contribution is 14.1. The summed E-state index contributed by atoms with van der Waals surface area (Å²) in [4.78, 5) is 28.1. The average molecular weight is 538 g/mol. The number of ether oxygens (including phenoxy) is 1. The maximum absolute atomic E-state index is 12.2. The molecule has 0 unspecified atom stereocenters. The van der Waals surface area contributed by atoms with Crippen LogP contribution in [0.25, 0.3) is 0 Å². The SMILES string of the molecule is Cc1ccc(OCC(=O)NCCNC(=O)c2nc(Cn3nc(C)c(I)c3C)no2)cc1. The first-order valence-corrected chi connectivity index (χ1v) is 10.7. The molecule has 0 aliphatic carbocycles. The standard InChI is InChI=1S/C20H23IN6O4/c1-12-4-6-15(7-5-12)30-11-17(28)22-8-9-23-19(29)20-24-16(26-31-20)10-27-14(3)18(21)13(2)25-27/h4-7H,8-11H2,1-3H3,(H,22,28)(H,23,29). The van der Waals surface area contributed by atoms with Crippen LogP contribution >= 0.6 is 22.6 Å². The third-order valence-electron chi connectivity index (χ3n) is 4.37. The number of amides is 2. The van der Waals surface area contributed by atoms with Gasteiger partial charge in [-0.15, -0.1) is 0 Å². The van der Waals surface area contributed by atoms with Gasteiger partial charge in [-0.2, -0.15) is 10.1 Å². The molecular formula is C20H23IN6O4. The number of aryl methyl sites for hydroxylation is 2. The lowest BCUT2D eigenvalue weighted by Crippen LogP contribution is -2.36. The lowest BCUT2D eigenvalue weighted by Gasteiger charge is -2.08. The summed E-state index contributed by atoms with van der Waals surface area (Å²) in [5.41, 5.74) is 3.03. The highest BCUT2D eigenvalue weighted by atomic mass is 127. The Morgan fingerprint density at radius 2 is 1.84 bits per heavy atom. The third kappa shape index (κ3) is 6.26. The van der Waals surface area contributed by atoms with Crippen LogP contribution in [0.1, 0.15) is 33.5 Å². The van der Waals surface area contributed by atoms with Crippen molar-refractivity contribution >= 4 is 34.4 Å². The van der Waals surface area contributed by atoms with E-state index in [1.807, 2.05) is 32.9 Å². The quantitative estimate of drug-likeness (QED) is 0.315. The van der Waals surface area contributed by atoms with Crippen molar-refractivity contribution in [2.45, 2.75) is 27.3 Å². The fourth-order valence-corrected chi connectivity index (χ4v) is 3.05. The molecule has 2 amide bonds. The number of carbonyl (C=O) groups excluding carboxylic acids is 2. The molecule has 0 radical (unpaired) electrons. The lowest BCUT2D eigenvalue weighted by atomic mass is 10.2. The van der Waals surface area contributed by atoms with Gasteiger partial charge in [0, 0.05) is 18.8 Å². The summed E-state index contributed by atoms with van der Waals surface area (Å²) in [5.74, 6) is 0.0478. The van der Waals surface area contributed by atoms with E-state index in [-0.39, 0.29) is 31.5 Å². The second-order valence-corrected chi connectivity index (χ2v) is 7.94. The van der Waals surface area contributed by atoms with E-state index in [1.165, 1.54) is 0 Å². The Bertz CT molecular complexity index is 1060. The molecule has 11 heteroatoms. The topological polar surface area (TPSA) is 124 Å². The zero-order valence-corrected chi connectivity index (χ0v) is 19.6. The summed E-state index contributed by atoms with van der Waals surface area (Å²) < 4.78 is 13.3. The number of nitrogens with zero attached hydrogens (tertiary/aromatic N) is 4. The minimum Gasteiger partial charge on any atom is -0.484 e. The Morgan fingerprint density at radius 1 is 1.13 bits per heavy atom. The van der Waals surface area contributed by atoms with Gasteiger partial charge in [-0.1, -0.05) is 22.9 Å². The minimum absolute atomic E-state index is 0.102. The number of nitrogens with one attached hydrogen (secondary N) is 2. The molecule has 0 spiro atoms. The predicted octanol–water partition coefficient (Wildman–Crippen LogP) is 1.77. The average Bonchev–Trinajstić information content (AvgIpc) is 3.31. The van der Waals surface area contributed by atoms with Gasteiger partial charge < -0.3 is 19.9 Å². The number of aromatic nitrogens is 4. The fraction of sp³-hybridized carbons (Fsp3) is 0.350. The maximum atomic E-state index is 12.2. The summed E-state index contributed by atoms with van der Waals surface area (Å²) in [5, 5.41) is 13.5. The van der Waals surface area contributed by atoms with Gasteiger partial charge in [0.15, 0.2) is 12.4 Å². The summed E-state index contributed by atoms with van der Waals surface area (Å²) in [6.07, 6.45) is 0. The lowest BCUT2D eigenvalue weighted by molar-refractivity contribution is -0.123. The molecule has 0 saturated heterocycles. The van der Waals surface area contributed by atoms with Crippen LogP contribution in [0.15, 0.2) is 28.8 Å². The Balaban J connectivity index is 1.38. The minimum atomic E-state index is -0.508. The van der Waals surface area contributed by atoms with Crippen molar-refractivity contribution in [3.05, 3.63) is 56.5 Å². The van der Waals surface area contributed by atoms with E-state index in [4.69, 9.17) is 9.26 Å². The molecule has 0 atom stereocenters. The van der Waals surface area contributed by atoms with E-state index < -0.39 is 5.91 Å². The van der Waals surface area contributed by atoms with Crippen molar-refractivity contribution < 1.29 is 18.8 Å². The molecule has 2 N–H and O–H groups in total. The van der Waals surface area contributed by atoms with Gasteiger partial charge in [0.25, 0.3) is 5.91 Å². The summed E-state index contributed by atoms with van der Waals surface area (Å²) in [7, 11) is 0. The van der Waals surface area contributed by atoms with E-state index in [0.717, 1.165) is 20.5 Å². The van der Waals surface area contributed by atoms with Crippen molar-refractivity contribution in [3.63, 3.8) is 0 Å². The van der Waals surface area contributed by atoms with Crippen LogP contribution in [0.3, 0.4) is 0 Å². The highest BCUT2D eigenvalue weighted by Gasteiger charge is 2.17. The maximum Gasteiger partial charge on any atom is 0.316 e. The molecule has 0 fully saturated rings. The van der Waals surface area contributed by atoms with Gasteiger partial charge in [0.2, 0.25) is 0 Å². The number of carbonyl (C=O) groups is 2. The first-order valence-electron chi connectivity index (χ1n) is 9.60. The molecule has 0 bridgehead atoms. The highest BCUT2D eigenvalue weighted by Crippen LogP contribution is 2.16. The molecule has 31 heavy (non-hydrogen) atoms. The molecule has 2 heterocycles. The third-order valence-corrected chi connectivity index (χ3v) is 5.93. The van der Waals surface area contributed by atoms with Gasteiger partial charge in [-0.3, -0.25) is 14.3 Å². The van der Waals surface area contributed by atoms with Crippen molar-refractivity contribution in [2.75, 3.05) is 19.7 Å². The molecular weight excluding hydrogens is 515 g/mol. The van der Waals surface area contributed by atoms with Gasteiger partial charge in [0.1, 0.15) is 12.3 Å². The second-order valence-electron chi connectivity index (χ2n) is 6.87.